The lowest BCUT2D eigenvalue weighted by atomic mass is 10.2. The first-order valence-electron chi connectivity index (χ1n) is 8.75. The molecule has 0 fully saturated rings. The molecule has 1 rings (SSSR count). The Hall–Kier alpha value is -2.61. The molecular formula is C19H24ClFN2O5. The number of ether oxygens (including phenoxy) is 2. The van der Waals surface area contributed by atoms with Gasteiger partial charge in [-0.2, -0.15) is 0 Å². The quantitative estimate of drug-likeness (QED) is 0.509. The van der Waals surface area contributed by atoms with Crippen LogP contribution in [-0.4, -0.2) is 30.7 Å². The fraction of sp³-hybridized carbons (Fsp3) is 0.421. The maximum absolute atomic E-state index is 14.2. The summed E-state index contributed by atoms with van der Waals surface area (Å²) >= 11 is 5.90. The van der Waals surface area contributed by atoms with Gasteiger partial charge in [-0.1, -0.05) is 18.5 Å². The molecule has 7 nitrogen and oxygen atoms in total. The Morgan fingerprint density at radius 2 is 1.86 bits per heavy atom. The highest BCUT2D eigenvalue weighted by Crippen LogP contribution is 2.25. The van der Waals surface area contributed by atoms with Crippen molar-refractivity contribution in [1.82, 2.24) is 5.32 Å². The first-order valence-corrected chi connectivity index (χ1v) is 9.13. The lowest BCUT2D eigenvalue weighted by molar-refractivity contribution is -0.138. The number of allylic oxidation sites excluding steroid dienone is 1. The molecule has 0 atom stereocenters. The third-order valence-electron chi connectivity index (χ3n) is 3.52. The van der Waals surface area contributed by atoms with E-state index in [9.17, 15) is 18.8 Å². The molecule has 154 valence electrons. The minimum Gasteiger partial charge on any atom is -0.463 e. The molecule has 9 heteroatoms. The second kappa shape index (κ2) is 10.7. The SMILES string of the molecule is CCOC(=O)/C(C)=C(\CC)NC(=O)Nc1cc(C(=O)OC(C)C)c(Cl)cc1F. The Morgan fingerprint density at radius 3 is 2.39 bits per heavy atom. The summed E-state index contributed by atoms with van der Waals surface area (Å²) in [6.45, 7) is 8.44. The molecule has 0 aliphatic heterocycles. The Labute approximate surface area is 168 Å². The van der Waals surface area contributed by atoms with Crippen molar-refractivity contribution in [3.05, 3.63) is 39.8 Å². The Balaban J connectivity index is 3.04. The van der Waals surface area contributed by atoms with Gasteiger partial charge < -0.3 is 20.1 Å². The number of amides is 2. The molecule has 0 saturated heterocycles. The molecule has 1 aromatic carbocycles. The van der Waals surface area contributed by atoms with Crippen LogP contribution in [0.1, 0.15) is 51.4 Å². The number of carbonyl (C=O) groups is 3. The first-order chi connectivity index (χ1) is 13.1. The van der Waals surface area contributed by atoms with Crippen LogP contribution in [0.25, 0.3) is 0 Å². The smallest absolute Gasteiger partial charge is 0.339 e. The summed E-state index contributed by atoms with van der Waals surface area (Å²) in [6.07, 6.45) is -0.0518. The molecule has 2 amide bonds. The van der Waals surface area contributed by atoms with Crippen LogP contribution < -0.4 is 10.6 Å². The number of urea groups is 1. The van der Waals surface area contributed by atoms with E-state index in [0.717, 1.165) is 12.1 Å². The number of benzene rings is 1. The predicted octanol–water partition coefficient (Wildman–Crippen LogP) is 4.41. The summed E-state index contributed by atoms with van der Waals surface area (Å²) in [6, 6.07) is 1.22. The van der Waals surface area contributed by atoms with E-state index in [0.29, 0.717) is 12.1 Å². The van der Waals surface area contributed by atoms with Crippen LogP contribution in [0.5, 0.6) is 0 Å². The van der Waals surface area contributed by atoms with Gasteiger partial charge in [0.25, 0.3) is 0 Å². The maximum Gasteiger partial charge on any atom is 0.339 e. The minimum atomic E-state index is -0.828. The normalized spacial score (nSPS) is 11.6. The maximum atomic E-state index is 14.2. The highest BCUT2D eigenvalue weighted by Gasteiger charge is 2.19. The van der Waals surface area contributed by atoms with E-state index >= 15 is 0 Å². The second-order valence-electron chi connectivity index (χ2n) is 6.02. The number of hydrogen-bond donors (Lipinski definition) is 2. The highest BCUT2D eigenvalue weighted by molar-refractivity contribution is 6.33. The summed E-state index contributed by atoms with van der Waals surface area (Å²) in [5.41, 5.74) is 0.213. The van der Waals surface area contributed by atoms with Crippen molar-refractivity contribution in [2.45, 2.75) is 47.1 Å². The van der Waals surface area contributed by atoms with E-state index in [-0.39, 0.29) is 28.5 Å². The summed E-state index contributed by atoms with van der Waals surface area (Å²) in [4.78, 5) is 36.1. The van der Waals surface area contributed by atoms with E-state index in [1.807, 2.05) is 0 Å². The second-order valence-corrected chi connectivity index (χ2v) is 6.43. The van der Waals surface area contributed by atoms with Crippen LogP contribution in [0.15, 0.2) is 23.4 Å². The van der Waals surface area contributed by atoms with Gasteiger partial charge in [-0.05, 0) is 46.2 Å². The molecule has 0 unspecified atom stereocenters. The number of rotatable bonds is 7. The molecule has 0 radical (unpaired) electrons. The van der Waals surface area contributed by atoms with E-state index in [1.54, 1.807) is 27.7 Å². The van der Waals surface area contributed by atoms with Crippen LogP contribution in [0.2, 0.25) is 5.02 Å². The van der Waals surface area contributed by atoms with Crippen molar-refractivity contribution < 1.29 is 28.2 Å². The van der Waals surface area contributed by atoms with Gasteiger partial charge in [0.15, 0.2) is 0 Å². The minimum absolute atomic E-state index is 0.0824. The lowest BCUT2D eigenvalue weighted by Gasteiger charge is -2.14. The van der Waals surface area contributed by atoms with Crippen molar-refractivity contribution in [3.8, 4) is 0 Å². The molecule has 0 heterocycles. The topological polar surface area (TPSA) is 93.7 Å². The zero-order chi connectivity index (χ0) is 21.4. The Morgan fingerprint density at radius 1 is 1.21 bits per heavy atom. The monoisotopic (exact) mass is 414 g/mol. The van der Waals surface area contributed by atoms with Crippen molar-refractivity contribution in [2.24, 2.45) is 0 Å². The third-order valence-corrected chi connectivity index (χ3v) is 3.83. The molecule has 0 aliphatic carbocycles. The molecule has 0 spiro atoms. The average molecular weight is 415 g/mol. The zero-order valence-electron chi connectivity index (χ0n) is 16.4. The van der Waals surface area contributed by atoms with Crippen LogP contribution in [0.3, 0.4) is 0 Å². The summed E-state index contributed by atoms with van der Waals surface area (Å²) < 4.78 is 24.1. The molecule has 2 N–H and O–H groups in total. The van der Waals surface area contributed by atoms with E-state index < -0.39 is 29.9 Å². The van der Waals surface area contributed by atoms with Crippen LogP contribution in [0, 0.1) is 5.82 Å². The molecule has 1 aromatic rings. The van der Waals surface area contributed by atoms with Gasteiger partial charge in [-0.15, -0.1) is 0 Å². The largest absolute Gasteiger partial charge is 0.463 e. The first kappa shape index (κ1) is 23.4. The molecule has 0 bridgehead atoms. The summed E-state index contributed by atoms with van der Waals surface area (Å²) in [5.74, 6) is -2.13. The lowest BCUT2D eigenvalue weighted by Crippen LogP contribution is -2.30. The number of nitrogens with one attached hydrogen (secondary N) is 2. The van der Waals surface area contributed by atoms with Crippen LogP contribution >= 0.6 is 11.6 Å². The van der Waals surface area contributed by atoms with Crippen molar-refractivity contribution in [3.63, 3.8) is 0 Å². The van der Waals surface area contributed by atoms with E-state index in [1.165, 1.54) is 6.92 Å². The fourth-order valence-corrected chi connectivity index (χ4v) is 2.41. The summed E-state index contributed by atoms with van der Waals surface area (Å²) in [5, 5.41) is 4.65. The van der Waals surface area contributed by atoms with Gasteiger partial charge in [0.05, 0.1) is 34.6 Å². The standard InChI is InChI=1S/C19H24ClFN2O5/c1-6-15(11(5)17(24)27-7-2)22-19(26)23-16-8-12(13(20)9-14(16)21)18(25)28-10(3)4/h8-10H,6-7H2,1-5H3,(H2,22,23,26)/b15-11+. The Kier molecular flexibility index (Phi) is 8.91. The number of anilines is 1. The van der Waals surface area contributed by atoms with Gasteiger partial charge in [0, 0.05) is 5.70 Å². The van der Waals surface area contributed by atoms with Crippen molar-refractivity contribution >= 4 is 35.3 Å². The zero-order valence-corrected chi connectivity index (χ0v) is 17.2. The van der Waals surface area contributed by atoms with Crippen LogP contribution in [0.4, 0.5) is 14.9 Å². The number of carbonyl (C=O) groups excluding carboxylic acids is 3. The van der Waals surface area contributed by atoms with Gasteiger partial charge in [-0.25, -0.2) is 18.8 Å². The van der Waals surface area contributed by atoms with Gasteiger partial charge in [-0.3, -0.25) is 0 Å². The van der Waals surface area contributed by atoms with E-state index in [4.69, 9.17) is 21.1 Å². The van der Waals surface area contributed by atoms with Crippen molar-refractivity contribution in [2.75, 3.05) is 11.9 Å². The molecule has 0 aromatic heterocycles. The molecular weight excluding hydrogens is 391 g/mol. The number of halogens is 2. The number of hydrogen-bond acceptors (Lipinski definition) is 5. The molecule has 0 saturated carbocycles. The van der Waals surface area contributed by atoms with Crippen molar-refractivity contribution in [1.29, 1.82) is 0 Å². The third kappa shape index (κ3) is 6.53. The molecule has 0 aliphatic rings. The van der Waals surface area contributed by atoms with Gasteiger partial charge in [0.2, 0.25) is 0 Å². The average Bonchev–Trinajstić information content (AvgIpc) is 2.60. The van der Waals surface area contributed by atoms with Gasteiger partial charge >= 0.3 is 18.0 Å². The number of esters is 2. The van der Waals surface area contributed by atoms with Gasteiger partial charge in [0.1, 0.15) is 5.82 Å². The Bertz CT molecular complexity index is 793. The highest BCUT2D eigenvalue weighted by atomic mass is 35.5. The van der Waals surface area contributed by atoms with Crippen LogP contribution in [-0.2, 0) is 14.3 Å². The predicted molar refractivity (Wildman–Crippen MR) is 104 cm³/mol. The fourth-order valence-electron chi connectivity index (χ4n) is 2.18. The summed E-state index contributed by atoms with van der Waals surface area (Å²) in [7, 11) is 0. The molecule has 28 heavy (non-hydrogen) atoms. The van der Waals surface area contributed by atoms with E-state index in [2.05, 4.69) is 10.6 Å².